The molecule has 0 radical (unpaired) electrons. The summed E-state index contributed by atoms with van der Waals surface area (Å²) in [5.74, 6) is -1.61. The summed E-state index contributed by atoms with van der Waals surface area (Å²) in [5, 5.41) is 0. The molecule has 3 nitrogen and oxygen atoms in total. The summed E-state index contributed by atoms with van der Waals surface area (Å²) in [4.78, 5) is 24.5. The van der Waals surface area contributed by atoms with Crippen molar-refractivity contribution >= 4 is 11.8 Å². The average Bonchev–Trinajstić information content (AvgIpc) is 2.50. The molecule has 0 heterocycles. The molecule has 3 heteroatoms. The van der Waals surface area contributed by atoms with E-state index in [9.17, 15) is 9.59 Å². The first kappa shape index (κ1) is 18.1. The SMILES string of the molecule is C=C[C@H](CCC)[C@H](Cc1ccccc1)C(=O)C(=O)OC(C)C. The van der Waals surface area contributed by atoms with E-state index in [1.807, 2.05) is 30.3 Å². The molecule has 0 unspecified atom stereocenters. The molecule has 1 aromatic rings. The standard InChI is InChI=1S/C19H26O3/c1-5-10-16(6-2)17(13-15-11-8-7-9-12-15)18(20)19(21)22-14(3)4/h6-9,11-12,14,16-17H,2,5,10,13H2,1,3-4H3/t16-,17+/m1/s1. The Hall–Kier alpha value is -1.90. The van der Waals surface area contributed by atoms with Gasteiger partial charge >= 0.3 is 5.97 Å². The number of Topliss-reactive ketones (excluding diaryl/α,β-unsaturated/α-hetero) is 1. The Labute approximate surface area is 133 Å². The van der Waals surface area contributed by atoms with Crippen LogP contribution in [0, 0.1) is 11.8 Å². The first-order valence-electron chi connectivity index (χ1n) is 7.90. The van der Waals surface area contributed by atoms with Gasteiger partial charge in [0.25, 0.3) is 0 Å². The number of hydrogen-bond acceptors (Lipinski definition) is 3. The van der Waals surface area contributed by atoms with Gasteiger partial charge in [-0.3, -0.25) is 4.79 Å². The smallest absolute Gasteiger partial charge is 0.375 e. The molecule has 0 amide bonds. The molecule has 1 aromatic carbocycles. The van der Waals surface area contributed by atoms with Crippen LogP contribution in [0.2, 0.25) is 0 Å². The Kier molecular flexibility index (Phi) is 7.58. The Balaban J connectivity index is 2.96. The molecule has 0 bridgehead atoms. The molecule has 0 saturated carbocycles. The van der Waals surface area contributed by atoms with Gasteiger partial charge in [0.1, 0.15) is 0 Å². The quantitative estimate of drug-likeness (QED) is 0.394. The van der Waals surface area contributed by atoms with Gasteiger partial charge in [0.05, 0.1) is 6.10 Å². The van der Waals surface area contributed by atoms with E-state index >= 15 is 0 Å². The lowest BCUT2D eigenvalue weighted by atomic mass is 9.81. The van der Waals surface area contributed by atoms with Crippen molar-refractivity contribution in [1.29, 1.82) is 0 Å². The summed E-state index contributed by atoms with van der Waals surface area (Å²) in [5.41, 5.74) is 1.04. The van der Waals surface area contributed by atoms with E-state index in [0.29, 0.717) is 6.42 Å². The van der Waals surface area contributed by atoms with Crippen LogP contribution in [-0.4, -0.2) is 17.9 Å². The summed E-state index contributed by atoms with van der Waals surface area (Å²) < 4.78 is 5.08. The largest absolute Gasteiger partial charge is 0.457 e. The van der Waals surface area contributed by atoms with Gasteiger partial charge in [-0.25, -0.2) is 4.79 Å². The van der Waals surface area contributed by atoms with Gasteiger partial charge in [0, 0.05) is 5.92 Å². The fourth-order valence-electron chi connectivity index (χ4n) is 2.55. The van der Waals surface area contributed by atoms with Crippen LogP contribution in [0.5, 0.6) is 0 Å². The summed E-state index contributed by atoms with van der Waals surface area (Å²) in [6.07, 6.45) is 3.80. The minimum atomic E-state index is -0.737. The molecule has 1 rings (SSSR count). The van der Waals surface area contributed by atoms with E-state index in [-0.39, 0.29) is 12.0 Å². The third kappa shape index (κ3) is 5.47. The minimum absolute atomic E-state index is 0.0163. The van der Waals surface area contributed by atoms with Crippen LogP contribution in [0.4, 0.5) is 0 Å². The van der Waals surface area contributed by atoms with Gasteiger partial charge < -0.3 is 4.74 Å². The highest BCUT2D eigenvalue weighted by atomic mass is 16.5. The lowest BCUT2D eigenvalue weighted by molar-refractivity contribution is -0.159. The van der Waals surface area contributed by atoms with Crippen LogP contribution in [-0.2, 0) is 20.7 Å². The highest BCUT2D eigenvalue weighted by molar-refractivity contribution is 6.34. The van der Waals surface area contributed by atoms with Crippen molar-refractivity contribution in [3.8, 4) is 0 Å². The monoisotopic (exact) mass is 302 g/mol. The second-order valence-electron chi connectivity index (χ2n) is 5.80. The number of carbonyl (C=O) groups excluding carboxylic acids is 2. The van der Waals surface area contributed by atoms with Gasteiger partial charge in [0.2, 0.25) is 5.78 Å². The molecule has 0 fully saturated rings. The second-order valence-corrected chi connectivity index (χ2v) is 5.80. The van der Waals surface area contributed by atoms with Crippen molar-refractivity contribution in [3.05, 3.63) is 48.6 Å². The van der Waals surface area contributed by atoms with Crippen LogP contribution in [0.25, 0.3) is 0 Å². The van der Waals surface area contributed by atoms with Crippen LogP contribution in [0.3, 0.4) is 0 Å². The minimum Gasteiger partial charge on any atom is -0.457 e. The Morgan fingerprint density at radius 2 is 1.86 bits per heavy atom. The predicted molar refractivity (Wildman–Crippen MR) is 88.5 cm³/mol. The van der Waals surface area contributed by atoms with Crippen molar-refractivity contribution in [1.82, 2.24) is 0 Å². The molecule has 120 valence electrons. The number of esters is 1. The topological polar surface area (TPSA) is 43.4 Å². The number of benzene rings is 1. The van der Waals surface area contributed by atoms with E-state index in [2.05, 4.69) is 13.5 Å². The zero-order valence-electron chi connectivity index (χ0n) is 13.7. The maximum absolute atomic E-state index is 12.5. The zero-order chi connectivity index (χ0) is 16.5. The van der Waals surface area contributed by atoms with E-state index in [0.717, 1.165) is 18.4 Å². The predicted octanol–water partition coefficient (Wildman–Crippen LogP) is 3.97. The van der Waals surface area contributed by atoms with E-state index < -0.39 is 17.7 Å². The van der Waals surface area contributed by atoms with Crippen molar-refractivity contribution in [2.45, 2.75) is 46.1 Å². The summed E-state index contributed by atoms with van der Waals surface area (Å²) >= 11 is 0. The summed E-state index contributed by atoms with van der Waals surface area (Å²) in [6.45, 7) is 9.39. The second kappa shape index (κ2) is 9.19. The fourth-order valence-corrected chi connectivity index (χ4v) is 2.55. The maximum Gasteiger partial charge on any atom is 0.375 e. The first-order valence-corrected chi connectivity index (χ1v) is 7.90. The molecule has 0 spiro atoms. The molecule has 0 aliphatic heterocycles. The summed E-state index contributed by atoms with van der Waals surface area (Å²) in [6, 6.07) is 9.75. The van der Waals surface area contributed by atoms with E-state index in [4.69, 9.17) is 4.74 Å². The van der Waals surface area contributed by atoms with Crippen LogP contribution < -0.4 is 0 Å². The molecule has 2 atom stereocenters. The van der Waals surface area contributed by atoms with E-state index in [1.165, 1.54) is 0 Å². The number of allylic oxidation sites excluding steroid dienone is 1. The fraction of sp³-hybridized carbons (Fsp3) is 0.474. The number of ether oxygens (including phenoxy) is 1. The lowest BCUT2D eigenvalue weighted by Gasteiger charge is -2.23. The highest BCUT2D eigenvalue weighted by Crippen LogP contribution is 2.25. The lowest BCUT2D eigenvalue weighted by Crippen LogP contribution is -2.33. The Morgan fingerprint density at radius 3 is 2.36 bits per heavy atom. The van der Waals surface area contributed by atoms with Crippen LogP contribution in [0.1, 0.15) is 39.2 Å². The molecule has 22 heavy (non-hydrogen) atoms. The third-order valence-corrected chi connectivity index (χ3v) is 3.62. The third-order valence-electron chi connectivity index (χ3n) is 3.62. The zero-order valence-corrected chi connectivity index (χ0v) is 13.7. The average molecular weight is 302 g/mol. The first-order chi connectivity index (χ1) is 10.5. The molecule has 0 N–H and O–H groups in total. The van der Waals surface area contributed by atoms with E-state index in [1.54, 1.807) is 19.9 Å². The number of rotatable bonds is 9. The van der Waals surface area contributed by atoms with Crippen LogP contribution in [0.15, 0.2) is 43.0 Å². The molecular formula is C19H26O3. The normalized spacial score (nSPS) is 13.5. The van der Waals surface area contributed by atoms with Gasteiger partial charge in [-0.05, 0) is 38.2 Å². The van der Waals surface area contributed by atoms with Gasteiger partial charge in [-0.2, -0.15) is 0 Å². The number of hydrogen-bond donors (Lipinski definition) is 0. The molecule has 0 saturated heterocycles. The highest BCUT2D eigenvalue weighted by Gasteiger charge is 2.32. The van der Waals surface area contributed by atoms with Crippen molar-refractivity contribution in [2.24, 2.45) is 11.8 Å². The van der Waals surface area contributed by atoms with Gasteiger partial charge in [-0.15, -0.1) is 6.58 Å². The van der Waals surface area contributed by atoms with Crippen molar-refractivity contribution in [3.63, 3.8) is 0 Å². The van der Waals surface area contributed by atoms with Crippen molar-refractivity contribution < 1.29 is 14.3 Å². The molecule has 0 aliphatic rings. The Bertz CT molecular complexity index is 491. The molecular weight excluding hydrogens is 276 g/mol. The summed E-state index contributed by atoms with van der Waals surface area (Å²) in [7, 11) is 0. The molecule has 0 aromatic heterocycles. The van der Waals surface area contributed by atoms with Crippen LogP contribution >= 0.6 is 0 Å². The van der Waals surface area contributed by atoms with Crippen molar-refractivity contribution in [2.75, 3.05) is 0 Å². The number of carbonyl (C=O) groups is 2. The number of ketones is 1. The maximum atomic E-state index is 12.5. The molecule has 0 aliphatic carbocycles. The van der Waals surface area contributed by atoms with Gasteiger partial charge in [-0.1, -0.05) is 49.8 Å². The van der Waals surface area contributed by atoms with Gasteiger partial charge in [0.15, 0.2) is 0 Å². The Morgan fingerprint density at radius 1 is 1.23 bits per heavy atom.